The van der Waals surface area contributed by atoms with Gasteiger partial charge in [-0.15, -0.1) is 11.3 Å². The van der Waals surface area contributed by atoms with Gasteiger partial charge in [0.2, 0.25) is 0 Å². The first-order valence-electron chi connectivity index (χ1n) is 10.8. The molecule has 0 bridgehead atoms. The van der Waals surface area contributed by atoms with Crippen LogP contribution in [0.15, 0.2) is 36.4 Å². The molecule has 0 radical (unpaired) electrons. The molecular weight excluding hydrogens is 414 g/mol. The molecule has 0 aliphatic heterocycles. The second kappa shape index (κ2) is 17.2. The van der Waals surface area contributed by atoms with E-state index in [0.29, 0.717) is 17.1 Å². The van der Waals surface area contributed by atoms with Crippen molar-refractivity contribution in [1.29, 1.82) is 5.26 Å². The number of hydrogen-bond acceptors (Lipinski definition) is 6. The number of nitrogens with zero attached hydrogens (tertiary/aromatic N) is 1. The first kappa shape index (κ1) is 26.5. The zero-order valence-electron chi connectivity index (χ0n) is 18.2. The molecule has 4 nitrogen and oxygen atoms in total. The molecule has 0 fully saturated rings. The van der Waals surface area contributed by atoms with Crippen LogP contribution in [0.3, 0.4) is 0 Å². The number of thiophene rings is 1. The van der Waals surface area contributed by atoms with Crippen LogP contribution < -0.4 is 0 Å². The maximum absolute atomic E-state index is 11.4. The number of rotatable bonds is 16. The second-order valence-electron chi connectivity index (χ2n) is 7.14. The third-order valence-electron chi connectivity index (χ3n) is 4.71. The summed E-state index contributed by atoms with van der Waals surface area (Å²) < 4.78 is 4.69. The van der Waals surface area contributed by atoms with Crippen LogP contribution in [0.5, 0.6) is 0 Å². The van der Waals surface area contributed by atoms with Crippen LogP contribution in [0.1, 0.15) is 80.6 Å². The molecule has 2 atom stereocenters. The first-order valence-corrected chi connectivity index (χ1v) is 12.7. The van der Waals surface area contributed by atoms with E-state index < -0.39 is 6.10 Å². The Bertz CT molecular complexity index is 691. The largest absolute Gasteiger partial charge is 0.469 e. The molecule has 0 amide bonds. The Morgan fingerprint density at radius 1 is 1.23 bits per heavy atom. The maximum Gasteiger partial charge on any atom is 0.306 e. The summed E-state index contributed by atoms with van der Waals surface area (Å²) in [6.07, 6.45) is 17.9. The van der Waals surface area contributed by atoms with E-state index in [-0.39, 0.29) is 11.2 Å². The molecule has 0 aliphatic carbocycles. The van der Waals surface area contributed by atoms with E-state index in [1.807, 2.05) is 18.2 Å². The van der Waals surface area contributed by atoms with Crippen LogP contribution in [0, 0.1) is 11.3 Å². The summed E-state index contributed by atoms with van der Waals surface area (Å²) in [5.41, 5.74) is 0. The number of thioether (sulfide) groups is 1. The lowest BCUT2D eigenvalue weighted by molar-refractivity contribution is -0.140. The van der Waals surface area contributed by atoms with Gasteiger partial charge in [0.15, 0.2) is 0 Å². The highest BCUT2D eigenvalue weighted by Gasteiger charge is 2.21. The normalized spacial score (nSPS) is 13.5. The lowest BCUT2D eigenvalue weighted by Gasteiger charge is -2.18. The molecule has 6 heteroatoms. The lowest BCUT2D eigenvalue weighted by atomic mass is 10.1. The standard InChI is InChI=1S/C24H35NO3S2/c1-3-4-5-6-7-8-9-10-11-12-13-14-21(29-18-17-23(26)28-2)24(27)22-16-15-20(19-25)30-22/h11-16,21,24,27H,3-10,17-18H2,1-2H3/b12-11-,14-13+/t21-,24+/m1/s1. The molecule has 1 aromatic heterocycles. The number of carbonyl (C=O) groups is 1. The third kappa shape index (κ3) is 11.6. The van der Waals surface area contributed by atoms with Gasteiger partial charge in [-0.2, -0.15) is 17.0 Å². The highest BCUT2D eigenvalue weighted by atomic mass is 32.2. The van der Waals surface area contributed by atoms with Crippen molar-refractivity contribution in [2.45, 2.75) is 76.1 Å². The molecule has 1 heterocycles. The number of hydrogen-bond donors (Lipinski definition) is 1. The van der Waals surface area contributed by atoms with E-state index in [1.165, 1.54) is 75.2 Å². The van der Waals surface area contributed by atoms with Crippen LogP contribution >= 0.6 is 23.1 Å². The average Bonchev–Trinajstić information content (AvgIpc) is 3.25. The van der Waals surface area contributed by atoms with E-state index in [0.717, 1.165) is 11.3 Å². The first-order chi connectivity index (χ1) is 14.6. The van der Waals surface area contributed by atoms with Crippen LogP contribution in [0.2, 0.25) is 0 Å². The summed E-state index contributed by atoms with van der Waals surface area (Å²) in [6.45, 7) is 2.24. The van der Waals surface area contributed by atoms with Crippen LogP contribution in [-0.4, -0.2) is 29.2 Å². The topological polar surface area (TPSA) is 70.3 Å². The summed E-state index contributed by atoms with van der Waals surface area (Å²) in [6, 6.07) is 5.63. The van der Waals surface area contributed by atoms with E-state index in [2.05, 4.69) is 23.8 Å². The summed E-state index contributed by atoms with van der Waals surface area (Å²) in [7, 11) is 1.38. The van der Waals surface area contributed by atoms with E-state index in [1.54, 1.807) is 12.1 Å². The average molecular weight is 450 g/mol. The van der Waals surface area contributed by atoms with Crippen molar-refractivity contribution in [3.05, 3.63) is 46.2 Å². The van der Waals surface area contributed by atoms with Gasteiger partial charge in [0, 0.05) is 10.6 Å². The summed E-state index contributed by atoms with van der Waals surface area (Å²) in [5.74, 6) is 0.314. The second-order valence-corrected chi connectivity index (χ2v) is 9.54. The summed E-state index contributed by atoms with van der Waals surface area (Å²) >= 11 is 2.82. The molecular formula is C24H35NO3S2. The van der Waals surface area contributed by atoms with Gasteiger partial charge in [-0.05, 0) is 25.0 Å². The Morgan fingerprint density at radius 3 is 2.63 bits per heavy atom. The van der Waals surface area contributed by atoms with Gasteiger partial charge in [0.25, 0.3) is 0 Å². The van der Waals surface area contributed by atoms with Crippen molar-refractivity contribution in [2.24, 2.45) is 0 Å². The van der Waals surface area contributed by atoms with Crippen molar-refractivity contribution in [2.75, 3.05) is 12.9 Å². The summed E-state index contributed by atoms with van der Waals surface area (Å²) in [4.78, 5) is 12.7. The molecule has 0 spiro atoms. The summed E-state index contributed by atoms with van der Waals surface area (Å²) in [5, 5.41) is 19.6. The molecule has 0 aromatic carbocycles. The highest BCUT2D eigenvalue weighted by Crippen LogP contribution is 2.32. The van der Waals surface area contributed by atoms with Gasteiger partial charge in [-0.1, -0.05) is 69.8 Å². The fourth-order valence-corrected chi connectivity index (χ4v) is 4.95. The van der Waals surface area contributed by atoms with Crippen LogP contribution in [0.25, 0.3) is 0 Å². The predicted molar refractivity (Wildman–Crippen MR) is 128 cm³/mol. The van der Waals surface area contributed by atoms with Crippen LogP contribution in [-0.2, 0) is 9.53 Å². The molecule has 1 rings (SSSR count). The predicted octanol–water partition coefficient (Wildman–Crippen LogP) is 6.57. The number of allylic oxidation sites excluding steroid dienone is 3. The zero-order chi connectivity index (χ0) is 22.0. The molecule has 0 aliphatic rings. The lowest BCUT2D eigenvalue weighted by Crippen LogP contribution is -2.13. The number of aliphatic hydroxyl groups excluding tert-OH is 1. The van der Waals surface area contributed by atoms with Crippen LogP contribution in [0.4, 0.5) is 0 Å². The molecule has 1 N–H and O–H groups in total. The molecule has 166 valence electrons. The van der Waals surface area contributed by atoms with Crippen molar-refractivity contribution < 1.29 is 14.6 Å². The molecule has 0 unspecified atom stereocenters. The molecule has 1 aromatic rings. The van der Waals surface area contributed by atoms with Crippen molar-refractivity contribution in [1.82, 2.24) is 0 Å². The Kier molecular flexibility index (Phi) is 15.2. The van der Waals surface area contributed by atoms with Gasteiger partial charge in [0.05, 0.1) is 18.8 Å². The smallest absolute Gasteiger partial charge is 0.306 e. The number of methoxy groups -OCH3 is 1. The van der Waals surface area contributed by atoms with Gasteiger partial charge in [-0.3, -0.25) is 4.79 Å². The SMILES string of the molecule is CCCCCCCCC/C=C\C=C\[C@@H](SCCC(=O)OC)[C@H](O)c1ccc(C#N)s1. The van der Waals surface area contributed by atoms with Gasteiger partial charge in [-0.25, -0.2) is 0 Å². The van der Waals surface area contributed by atoms with E-state index >= 15 is 0 Å². The van der Waals surface area contributed by atoms with Crippen molar-refractivity contribution in [3.63, 3.8) is 0 Å². The minimum Gasteiger partial charge on any atom is -0.469 e. The third-order valence-corrected chi connectivity index (χ3v) is 7.01. The Balaban J connectivity index is 2.49. The number of aliphatic hydroxyl groups is 1. The fourth-order valence-electron chi connectivity index (χ4n) is 2.93. The number of ether oxygens (including phenoxy) is 1. The number of unbranched alkanes of at least 4 members (excludes halogenated alkanes) is 7. The quantitative estimate of drug-likeness (QED) is 0.175. The minimum atomic E-state index is -0.715. The minimum absolute atomic E-state index is 0.192. The Labute approximate surface area is 190 Å². The van der Waals surface area contributed by atoms with Gasteiger partial charge < -0.3 is 9.84 Å². The molecule has 0 saturated heterocycles. The van der Waals surface area contributed by atoms with Crippen molar-refractivity contribution in [3.8, 4) is 6.07 Å². The van der Waals surface area contributed by atoms with Gasteiger partial charge >= 0.3 is 5.97 Å². The Morgan fingerprint density at radius 2 is 1.97 bits per heavy atom. The number of esters is 1. The maximum atomic E-state index is 11.4. The highest BCUT2D eigenvalue weighted by molar-refractivity contribution is 8.00. The van der Waals surface area contributed by atoms with E-state index in [4.69, 9.17) is 5.26 Å². The van der Waals surface area contributed by atoms with Crippen molar-refractivity contribution >= 4 is 29.1 Å². The van der Waals surface area contributed by atoms with E-state index in [9.17, 15) is 9.90 Å². The number of carbonyl (C=O) groups excluding carboxylic acids is 1. The Hall–Kier alpha value is -1.55. The zero-order valence-corrected chi connectivity index (χ0v) is 19.9. The molecule has 0 saturated carbocycles. The fraction of sp³-hybridized carbons (Fsp3) is 0.583. The van der Waals surface area contributed by atoms with Gasteiger partial charge in [0.1, 0.15) is 17.1 Å². The monoisotopic (exact) mass is 449 g/mol. The molecule has 30 heavy (non-hydrogen) atoms. The number of nitriles is 1.